The van der Waals surface area contributed by atoms with E-state index in [-0.39, 0.29) is 18.2 Å². The molecule has 7 nitrogen and oxygen atoms in total. The number of carboxylic acids is 1. The van der Waals surface area contributed by atoms with Gasteiger partial charge in [0.05, 0.1) is 10.9 Å². The van der Waals surface area contributed by atoms with Gasteiger partial charge in [0.15, 0.2) is 0 Å². The maximum Gasteiger partial charge on any atom is 0.328 e. The number of aliphatic carboxylic acids is 1. The van der Waals surface area contributed by atoms with E-state index in [1.165, 1.54) is 16.7 Å². The first-order chi connectivity index (χ1) is 13.8. The second-order valence-electron chi connectivity index (χ2n) is 6.40. The smallest absolute Gasteiger partial charge is 0.328 e. The molecule has 3 amide bonds. The number of nitrogens with one attached hydrogen (secondary N) is 1. The second-order valence-corrected chi connectivity index (χ2v) is 7.68. The molecule has 0 radical (unpaired) electrons. The van der Waals surface area contributed by atoms with Gasteiger partial charge in [0.1, 0.15) is 0 Å². The summed E-state index contributed by atoms with van der Waals surface area (Å²) >= 11 is 1.29. The number of carbonyl (C=O) groups is 4. The molecule has 148 valence electrons. The van der Waals surface area contributed by atoms with E-state index in [2.05, 4.69) is 5.32 Å². The fraction of sp³-hybridized carbons (Fsp3) is 0.143. The lowest BCUT2D eigenvalue weighted by Crippen LogP contribution is -2.31. The van der Waals surface area contributed by atoms with Crippen LogP contribution in [0.1, 0.15) is 12.0 Å². The van der Waals surface area contributed by atoms with Crippen molar-refractivity contribution in [2.75, 3.05) is 10.2 Å². The number of anilines is 2. The Bertz CT molecular complexity index is 1000. The molecular weight excluding hydrogens is 392 g/mol. The number of hydrogen-bond donors (Lipinski definition) is 2. The van der Waals surface area contributed by atoms with Crippen LogP contribution in [-0.2, 0) is 19.2 Å². The Hall–Kier alpha value is -3.39. The van der Waals surface area contributed by atoms with Gasteiger partial charge in [-0.05, 0) is 48.9 Å². The molecule has 0 saturated carbocycles. The summed E-state index contributed by atoms with van der Waals surface area (Å²) in [7, 11) is 0. The molecule has 0 spiro atoms. The second kappa shape index (κ2) is 8.74. The first kappa shape index (κ1) is 20.3. The van der Waals surface area contributed by atoms with E-state index in [0.29, 0.717) is 11.4 Å². The Labute approximate surface area is 171 Å². The van der Waals surface area contributed by atoms with Crippen LogP contribution < -0.4 is 10.2 Å². The summed E-state index contributed by atoms with van der Waals surface area (Å²) < 4.78 is 0. The van der Waals surface area contributed by atoms with E-state index in [9.17, 15) is 19.2 Å². The van der Waals surface area contributed by atoms with Crippen LogP contribution in [0, 0.1) is 6.92 Å². The van der Waals surface area contributed by atoms with Crippen molar-refractivity contribution >= 4 is 46.8 Å². The summed E-state index contributed by atoms with van der Waals surface area (Å²) in [4.78, 5) is 49.2. The Morgan fingerprint density at radius 3 is 2.52 bits per heavy atom. The summed E-state index contributed by atoms with van der Waals surface area (Å²) in [5, 5.41) is 10.5. The molecule has 0 aliphatic carbocycles. The Balaban J connectivity index is 1.64. The Morgan fingerprint density at radius 2 is 1.86 bits per heavy atom. The van der Waals surface area contributed by atoms with Gasteiger partial charge >= 0.3 is 5.97 Å². The SMILES string of the molecule is Cc1cccc(N2C(=O)C[C@@H](Sc3ccc(NC(=O)/C=C/C(=O)O)cc3)C2=O)c1. The molecule has 1 fully saturated rings. The molecular formula is C21H18N2O5S. The minimum Gasteiger partial charge on any atom is -0.478 e. The summed E-state index contributed by atoms with van der Waals surface area (Å²) in [6, 6.07) is 14.0. The van der Waals surface area contributed by atoms with E-state index in [1.807, 2.05) is 19.1 Å². The van der Waals surface area contributed by atoms with Gasteiger partial charge < -0.3 is 10.4 Å². The van der Waals surface area contributed by atoms with Crippen LogP contribution in [0.3, 0.4) is 0 Å². The van der Waals surface area contributed by atoms with Crippen molar-refractivity contribution in [1.82, 2.24) is 0 Å². The molecule has 1 atom stereocenters. The number of carboxylic acid groups (broad SMARTS) is 1. The summed E-state index contributed by atoms with van der Waals surface area (Å²) in [5.74, 6) is -2.24. The predicted molar refractivity (Wildman–Crippen MR) is 110 cm³/mol. The lowest BCUT2D eigenvalue weighted by molar-refractivity contribution is -0.131. The molecule has 0 aromatic heterocycles. The highest BCUT2D eigenvalue weighted by molar-refractivity contribution is 8.00. The molecule has 1 aliphatic heterocycles. The number of hydrogen-bond acceptors (Lipinski definition) is 5. The number of thioether (sulfide) groups is 1. The van der Waals surface area contributed by atoms with Gasteiger partial charge in [0.25, 0.3) is 0 Å². The number of carbonyl (C=O) groups excluding carboxylic acids is 3. The number of amides is 3. The Kier molecular flexibility index (Phi) is 6.13. The van der Waals surface area contributed by atoms with Gasteiger partial charge in [-0.3, -0.25) is 14.4 Å². The van der Waals surface area contributed by atoms with E-state index in [4.69, 9.17) is 5.11 Å². The summed E-state index contributed by atoms with van der Waals surface area (Å²) in [6.45, 7) is 1.90. The fourth-order valence-corrected chi connectivity index (χ4v) is 3.90. The molecule has 8 heteroatoms. The standard InChI is InChI=1S/C21H18N2O5S/c1-13-3-2-4-15(11-13)23-19(25)12-17(21(23)28)29-16-7-5-14(6-8-16)22-18(24)9-10-20(26)27/h2-11,17H,12H2,1H3,(H,22,24)(H,26,27)/b10-9+/t17-/m1/s1. The summed E-state index contributed by atoms with van der Waals surface area (Å²) in [5.41, 5.74) is 2.04. The van der Waals surface area contributed by atoms with Crippen molar-refractivity contribution in [3.8, 4) is 0 Å². The van der Waals surface area contributed by atoms with Crippen molar-refractivity contribution in [2.24, 2.45) is 0 Å². The van der Waals surface area contributed by atoms with Gasteiger partial charge in [-0.15, -0.1) is 11.8 Å². The van der Waals surface area contributed by atoms with E-state index < -0.39 is 17.1 Å². The molecule has 0 bridgehead atoms. The van der Waals surface area contributed by atoms with Gasteiger partial charge in [0, 0.05) is 29.2 Å². The number of benzene rings is 2. The van der Waals surface area contributed by atoms with Gasteiger partial charge in [0.2, 0.25) is 17.7 Å². The number of nitrogens with zero attached hydrogens (tertiary/aromatic N) is 1. The highest BCUT2D eigenvalue weighted by Crippen LogP contribution is 2.34. The molecule has 29 heavy (non-hydrogen) atoms. The van der Waals surface area contributed by atoms with Crippen molar-refractivity contribution in [2.45, 2.75) is 23.5 Å². The fourth-order valence-electron chi connectivity index (χ4n) is 2.85. The van der Waals surface area contributed by atoms with E-state index >= 15 is 0 Å². The van der Waals surface area contributed by atoms with Crippen LogP contribution in [0.15, 0.2) is 65.6 Å². The molecule has 1 saturated heterocycles. The molecule has 2 N–H and O–H groups in total. The van der Waals surface area contributed by atoms with Crippen molar-refractivity contribution in [3.63, 3.8) is 0 Å². The minimum absolute atomic E-state index is 0.121. The Morgan fingerprint density at radius 1 is 1.14 bits per heavy atom. The van der Waals surface area contributed by atoms with E-state index in [0.717, 1.165) is 22.6 Å². The zero-order chi connectivity index (χ0) is 21.0. The third-order valence-electron chi connectivity index (χ3n) is 4.14. The lowest BCUT2D eigenvalue weighted by atomic mass is 10.2. The van der Waals surface area contributed by atoms with Crippen molar-refractivity contribution in [3.05, 3.63) is 66.2 Å². The molecule has 2 aromatic carbocycles. The molecule has 0 unspecified atom stereocenters. The van der Waals surface area contributed by atoms with Crippen LogP contribution in [0.4, 0.5) is 11.4 Å². The molecule has 2 aromatic rings. The van der Waals surface area contributed by atoms with Gasteiger partial charge in [-0.25, -0.2) is 9.69 Å². The first-order valence-corrected chi connectivity index (χ1v) is 9.63. The normalized spacial score (nSPS) is 16.4. The average molecular weight is 410 g/mol. The monoisotopic (exact) mass is 410 g/mol. The number of rotatable bonds is 6. The zero-order valence-electron chi connectivity index (χ0n) is 15.5. The maximum atomic E-state index is 12.7. The molecule has 3 rings (SSSR count). The maximum absolute atomic E-state index is 12.7. The number of imide groups is 1. The van der Waals surface area contributed by atoms with Gasteiger partial charge in [-0.1, -0.05) is 12.1 Å². The highest BCUT2D eigenvalue weighted by atomic mass is 32.2. The predicted octanol–water partition coefficient (Wildman–Crippen LogP) is 3.00. The van der Waals surface area contributed by atoms with Gasteiger partial charge in [-0.2, -0.15) is 0 Å². The third-order valence-corrected chi connectivity index (χ3v) is 5.34. The average Bonchev–Trinajstić information content (AvgIpc) is 2.95. The quantitative estimate of drug-likeness (QED) is 0.560. The van der Waals surface area contributed by atoms with Crippen molar-refractivity contribution < 1.29 is 24.3 Å². The van der Waals surface area contributed by atoms with Crippen LogP contribution in [0.25, 0.3) is 0 Å². The van der Waals surface area contributed by atoms with Crippen LogP contribution in [-0.4, -0.2) is 34.0 Å². The highest BCUT2D eigenvalue weighted by Gasteiger charge is 2.40. The zero-order valence-corrected chi connectivity index (χ0v) is 16.3. The third kappa shape index (κ3) is 5.11. The van der Waals surface area contributed by atoms with E-state index in [1.54, 1.807) is 36.4 Å². The molecule has 1 aliphatic rings. The number of aryl methyl sites for hydroxylation is 1. The lowest BCUT2D eigenvalue weighted by Gasteiger charge is -2.15. The van der Waals surface area contributed by atoms with Crippen LogP contribution >= 0.6 is 11.8 Å². The first-order valence-electron chi connectivity index (χ1n) is 8.75. The minimum atomic E-state index is -1.21. The van der Waals surface area contributed by atoms with Crippen LogP contribution in [0.5, 0.6) is 0 Å². The van der Waals surface area contributed by atoms with Crippen LogP contribution in [0.2, 0.25) is 0 Å². The van der Waals surface area contributed by atoms with Crippen molar-refractivity contribution in [1.29, 1.82) is 0 Å². The molecule has 1 heterocycles. The largest absolute Gasteiger partial charge is 0.478 e. The summed E-state index contributed by atoms with van der Waals surface area (Å²) in [6.07, 6.45) is 1.80. The topological polar surface area (TPSA) is 104 Å².